The van der Waals surface area contributed by atoms with Crippen molar-refractivity contribution in [2.45, 2.75) is 25.2 Å². The summed E-state index contributed by atoms with van der Waals surface area (Å²) in [4.78, 5) is 5.01. The fourth-order valence-electron chi connectivity index (χ4n) is 2.04. The largest absolute Gasteiger partial charge is 0.497 e. The third-order valence-electron chi connectivity index (χ3n) is 3.34. The third-order valence-corrected chi connectivity index (χ3v) is 4.39. The van der Waals surface area contributed by atoms with Gasteiger partial charge in [-0.05, 0) is 31.5 Å². The highest BCUT2D eigenvalue weighted by Gasteiger charge is 2.21. The zero-order valence-corrected chi connectivity index (χ0v) is 14.0. The number of methoxy groups -OCH3 is 1. The second-order valence-electron chi connectivity index (χ2n) is 4.86. The van der Waals surface area contributed by atoms with E-state index in [9.17, 15) is 4.21 Å². The van der Waals surface area contributed by atoms with E-state index in [1.165, 1.54) is 0 Å². The number of hydrogen-bond acceptors (Lipinski definition) is 4. The topological polar surface area (TPSA) is 66.3 Å². The normalized spacial score (nSPS) is 19.3. The van der Waals surface area contributed by atoms with E-state index in [0.29, 0.717) is 29.1 Å². The lowest BCUT2D eigenvalue weighted by atomic mass is 10.1. The summed E-state index contributed by atoms with van der Waals surface area (Å²) in [6, 6.07) is 7.16. The molecule has 0 fully saturated rings. The quantitative estimate of drug-likeness (QED) is 0.666. The first-order valence-corrected chi connectivity index (χ1v) is 8.51. The van der Waals surface area contributed by atoms with Crippen molar-refractivity contribution in [3.63, 3.8) is 0 Å². The Hall–Kier alpha value is -1.89. The Kier molecular flexibility index (Phi) is 5.94. The van der Waals surface area contributed by atoms with Crippen molar-refractivity contribution in [1.29, 1.82) is 0 Å². The zero-order valence-electron chi connectivity index (χ0n) is 13.2. The van der Waals surface area contributed by atoms with E-state index < -0.39 is 11.0 Å². The van der Waals surface area contributed by atoms with Gasteiger partial charge in [-0.1, -0.05) is 13.0 Å². The molecule has 6 nitrogen and oxygen atoms in total. The van der Waals surface area contributed by atoms with Gasteiger partial charge in [0, 0.05) is 18.7 Å². The van der Waals surface area contributed by atoms with Crippen molar-refractivity contribution >= 4 is 23.2 Å². The summed E-state index contributed by atoms with van der Waals surface area (Å²) in [6.07, 6.45) is 2.94. The summed E-state index contributed by atoms with van der Waals surface area (Å²) in [5, 5.41) is 6.12. The molecule has 0 saturated heterocycles. The van der Waals surface area contributed by atoms with Crippen LogP contribution in [-0.4, -0.2) is 41.6 Å². The Morgan fingerprint density at radius 2 is 2.36 bits per heavy atom. The molecule has 1 N–H and O–H groups in total. The maximum absolute atomic E-state index is 12.5. The predicted molar refractivity (Wildman–Crippen MR) is 89.5 cm³/mol. The zero-order chi connectivity index (χ0) is 15.9. The number of benzene rings is 1. The molecule has 1 aliphatic rings. The van der Waals surface area contributed by atoms with Gasteiger partial charge in [0.25, 0.3) is 0 Å². The summed E-state index contributed by atoms with van der Waals surface area (Å²) < 4.78 is 20.6. The van der Waals surface area contributed by atoms with Crippen LogP contribution in [0.2, 0.25) is 0 Å². The second kappa shape index (κ2) is 7.93. The Morgan fingerprint density at radius 3 is 3.00 bits per heavy atom. The summed E-state index contributed by atoms with van der Waals surface area (Å²) in [6.45, 7) is 5.42. The SMILES string of the molecule is CCN=C(NS(=O)c1cccc(OC)c1)N1CC(CC)C=N1. The van der Waals surface area contributed by atoms with Gasteiger partial charge in [-0.15, -0.1) is 0 Å². The van der Waals surface area contributed by atoms with Crippen molar-refractivity contribution in [3.8, 4) is 5.75 Å². The van der Waals surface area contributed by atoms with Gasteiger partial charge in [0.2, 0.25) is 5.96 Å². The summed E-state index contributed by atoms with van der Waals surface area (Å²) in [7, 11) is 0.174. The second-order valence-corrected chi connectivity index (χ2v) is 6.08. The molecular formula is C15H22N4O2S. The van der Waals surface area contributed by atoms with Crippen LogP contribution in [0.3, 0.4) is 0 Å². The van der Waals surface area contributed by atoms with Crippen LogP contribution in [0, 0.1) is 5.92 Å². The first kappa shape index (κ1) is 16.5. The van der Waals surface area contributed by atoms with Crippen LogP contribution in [0.25, 0.3) is 0 Å². The van der Waals surface area contributed by atoms with E-state index >= 15 is 0 Å². The highest BCUT2D eigenvalue weighted by Crippen LogP contribution is 2.16. The predicted octanol–water partition coefficient (Wildman–Crippen LogP) is 2.01. The van der Waals surface area contributed by atoms with E-state index in [2.05, 4.69) is 21.7 Å². The molecule has 1 aromatic carbocycles. The number of aliphatic imine (C=N–C) groups is 1. The molecule has 2 rings (SSSR count). The Balaban J connectivity index is 2.09. The maximum atomic E-state index is 12.5. The molecule has 0 radical (unpaired) electrons. The molecule has 2 unspecified atom stereocenters. The molecule has 7 heteroatoms. The lowest BCUT2D eigenvalue weighted by Crippen LogP contribution is -2.39. The van der Waals surface area contributed by atoms with Crippen LogP contribution in [0.1, 0.15) is 20.3 Å². The average Bonchev–Trinajstić information content (AvgIpc) is 3.03. The minimum Gasteiger partial charge on any atom is -0.497 e. The van der Waals surface area contributed by atoms with Gasteiger partial charge < -0.3 is 4.74 Å². The molecule has 1 aliphatic heterocycles. The fourth-order valence-corrected chi connectivity index (χ4v) is 2.92. The number of hydrazone groups is 1. The summed E-state index contributed by atoms with van der Waals surface area (Å²) in [5.74, 6) is 1.62. The van der Waals surface area contributed by atoms with Gasteiger partial charge in [0.05, 0.1) is 18.6 Å². The maximum Gasteiger partial charge on any atom is 0.227 e. The van der Waals surface area contributed by atoms with Gasteiger partial charge in [-0.2, -0.15) is 5.10 Å². The highest BCUT2D eigenvalue weighted by atomic mass is 32.2. The third kappa shape index (κ3) is 4.07. The van der Waals surface area contributed by atoms with E-state index in [-0.39, 0.29) is 0 Å². The molecule has 0 saturated carbocycles. The van der Waals surface area contributed by atoms with Gasteiger partial charge in [0.1, 0.15) is 5.75 Å². The van der Waals surface area contributed by atoms with Crippen LogP contribution in [0.5, 0.6) is 5.75 Å². The van der Waals surface area contributed by atoms with Crippen molar-refractivity contribution in [3.05, 3.63) is 24.3 Å². The standard InChI is InChI=1S/C15H22N4O2S/c1-4-12-10-17-19(11-12)15(16-5-2)18-22(20)14-8-6-7-13(9-14)21-3/h6-10,12H,4-5,11H2,1-3H3,(H,16,18). The van der Waals surface area contributed by atoms with E-state index in [4.69, 9.17) is 4.74 Å². The number of hydrogen-bond donors (Lipinski definition) is 1. The van der Waals surface area contributed by atoms with Crippen LogP contribution in [0.4, 0.5) is 0 Å². The minimum atomic E-state index is -1.41. The van der Waals surface area contributed by atoms with Gasteiger partial charge in [0.15, 0.2) is 11.0 Å². The van der Waals surface area contributed by atoms with Crippen molar-refractivity contribution in [1.82, 2.24) is 9.73 Å². The number of ether oxygens (including phenoxy) is 1. The summed E-state index contributed by atoms with van der Waals surface area (Å²) >= 11 is 0. The van der Waals surface area contributed by atoms with E-state index in [0.717, 1.165) is 13.0 Å². The molecule has 120 valence electrons. The molecule has 0 bridgehead atoms. The molecule has 22 heavy (non-hydrogen) atoms. The first-order chi connectivity index (χ1) is 10.7. The molecular weight excluding hydrogens is 300 g/mol. The van der Waals surface area contributed by atoms with Gasteiger partial charge >= 0.3 is 0 Å². The number of nitrogens with zero attached hydrogens (tertiary/aromatic N) is 3. The van der Waals surface area contributed by atoms with Crippen molar-refractivity contribution < 1.29 is 8.95 Å². The van der Waals surface area contributed by atoms with Crippen molar-refractivity contribution in [2.75, 3.05) is 20.2 Å². The smallest absolute Gasteiger partial charge is 0.227 e. The lowest BCUT2D eigenvalue weighted by molar-refractivity contribution is 0.413. The Bertz CT molecular complexity index is 589. The Labute approximate surface area is 133 Å². The molecule has 2 atom stereocenters. The van der Waals surface area contributed by atoms with Crippen LogP contribution in [0.15, 0.2) is 39.3 Å². The first-order valence-electron chi connectivity index (χ1n) is 7.36. The lowest BCUT2D eigenvalue weighted by Gasteiger charge is -2.18. The fraction of sp³-hybridized carbons (Fsp3) is 0.467. The minimum absolute atomic E-state index is 0.411. The van der Waals surface area contributed by atoms with Crippen LogP contribution < -0.4 is 9.46 Å². The average molecular weight is 322 g/mol. The highest BCUT2D eigenvalue weighted by molar-refractivity contribution is 7.83. The number of rotatable bonds is 5. The van der Waals surface area contributed by atoms with Crippen molar-refractivity contribution in [2.24, 2.45) is 16.0 Å². The number of nitrogens with one attached hydrogen (secondary N) is 1. The monoisotopic (exact) mass is 322 g/mol. The molecule has 1 aromatic rings. The van der Waals surface area contributed by atoms with E-state index in [1.807, 2.05) is 25.3 Å². The molecule has 1 heterocycles. The summed E-state index contributed by atoms with van der Waals surface area (Å²) in [5.41, 5.74) is 0. The van der Waals surface area contributed by atoms with Gasteiger partial charge in [-0.25, -0.2) is 9.22 Å². The number of guanidine groups is 1. The Morgan fingerprint density at radius 1 is 1.55 bits per heavy atom. The van der Waals surface area contributed by atoms with Gasteiger partial charge in [-0.3, -0.25) is 9.71 Å². The molecule has 0 aromatic heterocycles. The van der Waals surface area contributed by atoms with Crippen LogP contribution in [-0.2, 0) is 11.0 Å². The molecule has 0 aliphatic carbocycles. The van der Waals surface area contributed by atoms with Crippen LogP contribution >= 0.6 is 0 Å². The molecule has 0 amide bonds. The molecule has 0 spiro atoms. The van der Waals surface area contributed by atoms with E-state index in [1.54, 1.807) is 24.3 Å².